The molecule has 92 valence electrons. The van der Waals surface area contributed by atoms with Crippen molar-refractivity contribution in [1.82, 2.24) is 14.9 Å². The Morgan fingerprint density at radius 3 is 3.06 bits per heavy atom. The minimum absolute atomic E-state index is 0.255. The first-order chi connectivity index (χ1) is 8.22. The standard InChI is InChI=1S/C12H16FN3O/c1-16-11-4-3-9(13)7-10(11)15-12(16)8-14-5-6-17-2/h3-4,7,14H,5-6,8H2,1-2H3. The highest BCUT2D eigenvalue weighted by molar-refractivity contribution is 5.75. The Labute approximate surface area is 99.4 Å². The molecule has 0 saturated heterocycles. The molecule has 2 rings (SSSR count). The predicted molar refractivity (Wildman–Crippen MR) is 64.3 cm³/mol. The van der Waals surface area contributed by atoms with E-state index in [2.05, 4.69) is 10.3 Å². The van der Waals surface area contributed by atoms with E-state index in [9.17, 15) is 4.39 Å². The van der Waals surface area contributed by atoms with Gasteiger partial charge in [-0.3, -0.25) is 0 Å². The zero-order chi connectivity index (χ0) is 12.3. The van der Waals surface area contributed by atoms with E-state index in [1.807, 2.05) is 11.6 Å². The van der Waals surface area contributed by atoms with Crippen molar-refractivity contribution in [3.63, 3.8) is 0 Å². The predicted octanol–water partition coefficient (Wildman–Crippen LogP) is 1.45. The number of nitrogens with one attached hydrogen (secondary N) is 1. The molecule has 1 aromatic carbocycles. The molecular formula is C12H16FN3O. The molecule has 0 fully saturated rings. The Kier molecular flexibility index (Phi) is 3.71. The highest BCUT2D eigenvalue weighted by Crippen LogP contribution is 2.15. The summed E-state index contributed by atoms with van der Waals surface area (Å²) in [6, 6.07) is 4.65. The number of aromatic nitrogens is 2. The lowest BCUT2D eigenvalue weighted by molar-refractivity contribution is 0.199. The smallest absolute Gasteiger partial charge is 0.125 e. The van der Waals surface area contributed by atoms with Gasteiger partial charge in [-0.2, -0.15) is 0 Å². The number of halogens is 1. The Morgan fingerprint density at radius 2 is 2.29 bits per heavy atom. The summed E-state index contributed by atoms with van der Waals surface area (Å²) in [6.45, 7) is 2.09. The van der Waals surface area contributed by atoms with Crippen LogP contribution in [0.4, 0.5) is 4.39 Å². The summed E-state index contributed by atoms with van der Waals surface area (Å²) in [5, 5.41) is 3.22. The fourth-order valence-corrected chi connectivity index (χ4v) is 1.76. The third kappa shape index (κ3) is 2.62. The number of ether oxygens (including phenoxy) is 1. The van der Waals surface area contributed by atoms with E-state index in [1.54, 1.807) is 13.2 Å². The number of imidazole rings is 1. The van der Waals surface area contributed by atoms with Crippen molar-refractivity contribution in [1.29, 1.82) is 0 Å². The van der Waals surface area contributed by atoms with Gasteiger partial charge in [0.2, 0.25) is 0 Å². The number of hydrogen-bond acceptors (Lipinski definition) is 3. The van der Waals surface area contributed by atoms with E-state index in [0.717, 1.165) is 17.9 Å². The number of aryl methyl sites for hydroxylation is 1. The number of benzene rings is 1. The van der Waals surface area contributed by atoms with Gasteiger partial charge in [0.05, 0.1) is 24.2 Å². The van der Waals surface area contributed by atoms with E-state index in [4.69, 9.17) is 4.74 Å². The van der Waals surface area contributed by atoms with Gasteiger partial charge in [0.1, 0.15) is 11.6 Å². The van der Waals surface area contributed by atoms with Gasteiger partial charge >= 0.3 is 0 Å². The van der Waals surface area contributed by atoms with Crippen molar-refractivity contribution in [2.45, 2.75) is 6.54 Å². The molecule has 0 aliphatic heterocycles. The van der Waals surface area contributed by atoms with Gasteiger partial charge in [-0.15, -0.1) is 0 Å². The third-order valence-corrected chi connectivity index (χ3v) is 2.70. The van der Waals surface area contributed by atoms with Crippen LogP contribution in [0.2, 0.25) is 0 Å². The Bertz CT molecular complexity index is 510. The summed E-state index contributed by atoms with van der Waals surface area (Å²) in [6.07, 6.45) is 0. The molecular weight excluding hydrogens is 221 g/mol. The molecule has 1 heterocycles. The molecule has 0 aliphatic carbocycles. The summed E-state index contributed by atoms with van der Waals surface area (Å²) in [7, 11) is 3.60. The second kappa shape index (κ2) is 5.25. The number of rotatable bonds is 5. The molecule has 2 aromatic rings. The first-order valence-corrected chi connectivity index (χ1v) is 5.53. The summed E-state index contributed by atoms with van der Waals surface area (Å²) >= 11 is 0. The van der Waals surface area contributed by atoms with Crippen LogP contribution in [-0.2, 0) is 18.3 Å². The lowest BCUT2D eigenvalue weighted by Gasteiger charge is -2.04. The molecule has 0 radical (unpaired) electrons. The van der Waals surface area contributed by atoms with Crippen LogP contribution in [-0.4, -0.2) is 29.8 Å². The molecule has 0 saturated carbocycles. The van der Waals surface area contributed by atoms with E-state index >= 15 is 0 Å². The van der Waals surface area contributed by atoms with Gasteiger partial charge in [-0.1, -0.05) is 0 Å². The van der Waals surface area contributed by atoms with Crippen LogP contribution >= 0.6 is 0 Å². The maximum absolute atomic E-state index is 13.0. The van der Waals surface area contributed by atoms with Gasteiger partial charge in [0.25, 0.3) is 0 Å². The first kappa shape index (κ1) is 12.0. The molecule has 0 amide bonds. The van der Waals surface area contributed by atoms with Crippen LogP contribution in [0.3, 0.4) is 0 Å². The Hall–Kier alpha value is -1.46. The Morgan fingerprint density at radius 1 is 1.47 bits per heavy atom. The first-order valence-electron chi connectivity index (χ1n) is 5.53. The second-order valence-electron chi connectivity index (χ2n) is 3.89. The third-order valence-electron chi connectivity index (χ3n) is 2.70. The van der Waals surface area contributed by atoms with Crippen molar-refractivity contribution in [3.8, 4) is 0 Å². The number of nitrogens with zero attached hydrogens (tertiary/aromatic N) is 2. The molecule has 1 aromatic heterocycles. The van der Waals surface area contributed by atoms with Crippen molar-refractivity contribution in [3.05, 3.63) is 29.8 Å². The molecule has 17 heavy (non-hydrogen) atoms. The average molecular weight is 237 g/mol. The van der Waals surface area contributed by atoms with Gasteiger partial charge in [-0.25, -0.2) is 9.37 Å². The molecule has 4 nitrogen and oxygen atoms in total. The van der Waals surface area contributed by atoms with E-state index in [0.29, 0.717) is 18.7 Å². The molecule has 0 unspecified atom stereocenters. The van der Waals surface area contributed by atoms with Gasteiger partial charge < -0.3 is 14.6 Å². The lowest BCUT2D eigenvalue weighted by Crippen LogP contribution is -2.20. The van der Waals surface area contributed by atoms with Crippen molar-refractivity contribution in [2.75, 3.05) is 20.3 Å². The lowest BCUT2D eigenvalue weighted by atomic mass is 10.3. The number of fused-ring (bicyclic) bond motifs is 1. The highest BCUT2D eigenvalue weighted by Gasteiger charge is 2.07. The van der Waals surface area contributed by atoms with Crippen LogP contribution in [0.5, 0.6) is 0 Å². The van der Waals surface area contributed by atoms with Crippen molar-refractivity contribution < 1.29 is 9.13 Å². The van der Waals surface area contributed by atoms with E-state index in [1.165, 1.54) is 12.1 Å². The SMILES string of the molecule is COCCNCc1nc2cc(F)ccc2n1C. The fourth-order valence-electron chi connectivity index (χ4n) is 1.76. The molecule has 0 aliphatic rings. The maximum atomic E-state index is 13.0. The summed E-state index contributed by atoms with van der Waals surface area (Å²) < 4.78 is 20.0. The van der Waals surface area contributed by atoms with Gasteiger partial charge in [0.15, 0.2) is 0 Å². The van der Waals surface area contributed by atoms with Crippen LogP contribution in [0, 0.1) is 5.82 Å². The monoisotopic (exact) mass is 237 g/mol. The summed E-state index contributed by atoms with van der Waals surface area (Å²) in [4.78, 5) is 4.39. The largest absolute Gasteiger partial charge is 0.383 e. The molecule has 5 heteroatoms. The maximum Gasteiger partial charge on any atom is 0.125 e. The number of methoxy groups -OCH3 is 1. The quantitative estimate of drug-likeness (QED) is 0.800. The molecule has 1 N–H and O–H groups in total. The fraction of sp³-hybridized carbons (Fsp3) is 0.417. The molecule has 0 spiro atoms. The average Bonchev–Trinajstić information content (AvgIpc) is 2.61. The van der Waals surface area contributed by atoms with E-state index in [-0.39, 0.29) is 5.82 Å². The van der Waals surface area contributed by atoms with Crippen LogP contribution in [0.25, 0.3) is 11.0 Å². The van der Waals surface area contributed by atoms with Crippen molar-refractivity contribution in [2.24, 2.45) is 7.05 Å². The van der Waals surface area contributed by atoms with Crippen molar-refractivity contribution >= 4 is 11.0 Å². The second-order valence-corrected chi connectivity index (χ2v) is 3.89. The molecule has 0 atom stereocenters. The topological polar surface area (TPSA) is 39.1 Å². The van der Waals surface area contributed by atoms with Crippen LogP contribution in [0.1, 0.15) is 5.82 Å². The van der Waals surface area contributed by atoms with Crippen LogP contribution < -0.4 is 5.32 Å². The minimum Gasteiger partial charge on any atom is -0.383 e. The zero-order valence-corrected chi connectivity index (χ0v) is 10.0. The van der Waals surface area contributed by atoms with Gasteiger partial charge in [0, 0.05) is 26.8 Å². The summed E-state index contributed by atoms with van der Waals surface area (Å²) in [5.74, 6) is 0.635. The van der Waals surface area contributed by atoms with Gasteiger partial charge in [-0.05, 0) is 12.1 Å². The zero-order valence-electron chi connectivity index (χ0n) is 10.0. The van der Waals surface area contributed by atoms with E-state index < -0.39 is 0 Å². The minimum atomic E-state index is -0.255. The normalized spacial score (nSPS) is 11.2. The summed E-state index contributed by atoms with van der Waals surface area (Å²) in [5.41, 5.74) is 1.63. The highest BCUT2D eigenvalue weighted by atomic mass is 19.1. The Balaban J connectivity index is 2.15. The number of hydrogen-bond donors (Lipinski definition) is 1. The van der Waals surface area contributed by atoms with Crippen LogP contribution in [0.15, 0.2) is 18.2 Å². The molecule has 0 bridgehead atoms.